The topological polar surface area (TPSA) is 77.7 Å². The Labute approximate surface area is 160 Å². The largest absolute Gasteiger partial charge is 0.365 e. The molecule has 4 rings (SSSR count). The van der Waals surface area contributed by atoms with Gasteiger partial charge in [-0.15, -0.1) is 0 Å². The summed E-state index contributed by atoms with van der Waals surface area (Å²) in [6, 6.07) is 3.53. The fourth-order valence-electron chi connectivity index (χ4n) is 4.08. The lowest BCUT2D eigenvalue weighted by atomic mass is 9.95. The second-order valence-electron chi connectivity index (χ2n) is 8.21. The number of piperidine rings is 1. The van der Waals surface area contributed by atoms with Crippen molar-refractivity contribution in [2.45, 2.75) is 31.8 Å². The molecule has 2 aliphatic heterocycles. The highest BCUT2D eigenvalue weighted by molar-refractivity contribution is 5.92. The van der Waals surface area contributed by atoms with Crippen LogP contribution >= 0.6 is 0 Å². The lowest BCUT2D eigenvalue weighted by Gasteiger charge is -2.38. The molecule has 1 atom stereocenters. The van der Waals surface area contributed by atoms with Crippen molar-refractivity contribution in [2.24, 2.45) is 11.8 Å². The van der Waals surface area contributed by atoms with Gasteiger partial charge < -0.3 is 24.8 Å². The summed E-state index contributed by atoms with van der Waals surface area (Å²) < 4.78 is 5.62. The van der Waals surface area contributed by atoms with Gasteiger partial charge in [0.2, 0.25) is 5.91 Å². The second-order valence-corrected chi connectivity index (χ2v) is 8.21. The highest BCUT2D eigenvalue weighted by Crippen LogP contribution is 2.31. The van der Waals surface area contributed by atoms with Crippen molar-refractivity contribution in [2.75, 3.05) is 45.9 Å². The highest BCUT2D eigenvalue weighted by atomic mass is 16.5. The zero-order valence-corrected chi connectivity index (χ0v) is 15.9. The molecule has 27 heavy (non-hydrogen) atoms. The third kappa shape index (κ3) is 5.11. The molecular formula is C20H30N4O3. The Morgan fingerprint density at radius 2 is 1.96 bits per heavy atom. The number of likely N-dealkylation sites (tertiary alicyclic amines) is 1. The first kappa shape index (κ1) is 18.5. The number of hydrogen-bond acceptors (Lipinski definition) is 4. The summed E-state index contributed by atoms with van der Waals surface area (Å²) in [6.07, 6.45) is 6.74. The maximum Gasteiger partial charge on any atom is 0.267 e. The molecule has 7 heteroatoms. The molecule has 0 bridgehead atoms. The molecule has 3 fully saturated rings. The number of amides is 2. The van der Waals surface area contributed by atoms with E-state index in [0.29, 0.717) is 24.7 Å². The number of carbonyl (C=O) groups excluding carboxylic acids is 2. The Balaban J connectivity index is 1.20. The number of nitrogens with zero attached hydrogens (tertiary/aromatic N) is 2. The molecule has 2 N–H and O–H groups in total. The molecule has 2 saturated heterocycles. The number of aromatic amines is 1. The maximum absolute atomic E-state index is 12.3. The highest BCUT2D eigenvalue weighted by Gasteiger charge is 2.31. The summed E-state index contributed by atoms with van der Waals surface area (Å²) in [5.41, 5.74) is 0.539. The van der Waals surface area contributed by atoms with E-state index in [1.807, 2.05) is 4.90 Å². The summed E-state index contributed by atoms with van der Waals surface area (Å²) >= 11 is 0. The van der Waals surface area contributed by atoms with E-state index in [-0.39, 0.29) is 24.5 Å². The third-order valence-electron chi connectivity index (χ3n) is 5.95. The fraction of sp³-hybridized carbons (Fsp3) is 0.700. The molecule has 0 unspecified atom stereocenters. The number of ether oxygens (including phenoxy) is 1. The van der Waals surface area contributed by atoms with Crippen LogP contribution in [-0.4, -0.2) is 78.6 Å². The molecule has 7 nitrogen and oxygen atoms in total. The van der Waals surface area contributed by atoms with Gasteiger partial charge in [-0.25, -0.2) is 0 Å². The standard InChI is InChI=1S/C20H30N4O3/c25-19-14-27-17(10-22-20(26)18-2-1-7-21-18)13-24(19)12-16-5-8-23(9-6-16)11-15-3-4-15/h1-2,7,15-17,21H,3-6,8-14H2,(H,22,26)/t17-/m0/s1. The van der Waals surface area contributed by atoms with Gasteiger partial charge in [-0.1, -0.05) is 0 Å². The average molecular weight is 374 g/mol. The molecule has 3 heterocycles. The van der Waals surface area contributed by atoms with Crippen LogP contribution in [0.15, 0.2) is 18.3 Å². The maximum atomic E-state index is 12.3. The number of carbonyl (C=O) groups is 2. The summed E-state index contributed by atoms with van der Waals surface area (Å²) in [5.74, 6) is 1.46. The summed E-state index contributed by atoms with van der Waals surface area (Å²) in [5, 5.41) is 2.88. The lowest BCUT2D eigenvalue weighted by Crippen LogP contribution is -2.52. The minimum atomic E-state index is -0.143. The molecule has 1 aromatic rings. The Hall–Kier alpha value is -1.86. The molecule has 0 spiro atoms. The number of rotatable bonds is 7. The van der Waals surface area contributed by atoms with E-state index in [1.54, 1.807) is 18.3 Å². The zero-order valence-electron chi connectivity index (χ0n) is 15.9. The van der Waals surface area contributed by atoms with Crippen LogP contribution in [0.25, 0.3) is 0 Å². The number of aromatic nitrogens is 1. The Morgan fingerprint density at radius 3 is 2.67 bits per heavy atom. The van der Waals surface area contributed by atoms with E-state index in [0.717, 1.165) is 25.6 Å². The first-order valence-electron chi connectivity index (χ1n) is 10.2. The monoisotopic (exact) mass is 374 g/mol. The Morgan fingerprint density at radius 1 is 1.19 bits per heavy atom. The van der Waals surface area contributed by atoms with E-state index in [1.165, 1.54) is 32.2 Å². The SMILES string of the molecule is O=C(NC[C@H]1CN(CC2CCN(CC3CC3)CC2)C(=O)CO1)c1ccc[nH]1. The van der Waals surface area contributed by atoms with Crippen LogP contribution in [0, 0.1) is 11.8 Å². The van der Waals surface area contributed by atoms with Crippen LogP contribution < -0.4 is 5.32 Å². The molecule has 2 amide bonds. The van der Waals surface area contributed by atoms with Gasteiger partial charge in [0.05, 0.1) is 6.10 Å². The van der Waals surface area contributed by atoms with Crippen molar-refractivity contribution in [3.8, 4) is 0 Å². The van der Waals surface area contributed by atoms with Crippen molar-refractivity contribution < 1.29 is 14.3 Å². The Bertz CT molecular complexity index is 636. The van der Waals surface area contributed by atoms with Crippen molar-refractivity contribution >= 4 is 11.8 Å². The first-order valence-corrected chi connectivity index (χ1v) is 10.2. The summed E-state index contributed by atoms with van der Waals surface area (Å²) in [6.45, 7) is 5.51. The van der Waals surface area contributed by atoms with Gasteiger partial charge in [0.1, 0.15) is 12.3 Å². The second kappa shape index (κ2) is 8.44. The van der Waals surface area contributed by atoms with Gasteiger partial charge in [0.25, 0.3) is 5.91 Å². The number of morpholine rings is 1. The molecular weight excluding hydrogens is 344 g/mol. The predicted octanol–water partition coefficient (Wildman–Crippen LogP) is 1.09. The predicted molar refractivity (Wildman–Crippen MR) is 101 cm³/mol. The van der Waals surface area contributed by atoms with Crippen molar-refractivity contribution in [1.29, 1.82) is 0 Å². The van der Waals surface area contributed by atoms with Crippen LogP contribution in [0.5, 0.6) is 0 Å². The van der Waals surface area contributed by atoms with Gasteiger partial charge in [0.15, 0.2) is 0 Å². The van der Waals surface area contributed by atoms with Gasteiger partial charge in [0, 0.05) is 32.4 Å². The fourth-order valence-corrected chi connectivity index (χ4v) is 4.08. The summed E-state index contributed by atoms with van der Waals surface area (Å²) in [4.78, 5) is 31.7. The summed E-state index contributed by atoms with van der Waals surface area (Å²) in [7, 11) is 0. The van der Waals surface area contributed by atoms with E-state index in [4.69, 9.17) is 4.74 Å². The molecule has 1 saturated carbocycles. The van der Waals surface area contributed by atoms with Gasteiger partial charge in [-0.05, 0) is 62.7 Å². The molecule has 3 aliphatic rings. The number of nitrogens with one attached hydrogen (secondary N) is 2. The van der Waals surface area contributed by atoms with Crippen LogP contribution in [0.3, 0.4) is 0 Å². The van der Waals surface area contributed by atoms with E-state index >= 15 is 0 Å². The van der Waals surface area contributed by atoms with E-state index in [2.05, 4.69) is 15.2 Å². The molecule has 1 aromatic heterocycles. The number of H-pyrrole nitrogens is 1. The van der Waals surface area contributed by atoms with Crippen LogP contribution in [-0.2, 0) is 9.53 Å². The zero-order chi connectivity index (χ0) is 18.6. The average Bonchev–Trinajstić information content (AvgIpc) is 3.31. The number of hydrogen-bond donors (Lipinski definition) is 2. The quantitative estimate of drug-likeness (QED) is 0.749. The smallest absolute Gasteiger partial charge is 0.267 e. The van der Waals surface area contributed by atoms with E-state index < -0.39 is 0 Å². The van der Waals surface area contributed by atoms with Gasteiger partial charge >= 0.3 is 0 Å². The van der Waals surface area contributed by atoms with Crippen molar-refractivity contribution in [3.63, 3.8) is 0 Å². The third-order valence-corrected chi connectivity index (χ3v) is 5.95. The van der Waals surface area contributed by atoms with Gasteiger partial charge in [-0.2, -0.15) is 0 Å². The van der Waals surface area contributed by atoms with Crippen LogP contribution in [0.1, 0.15) is 36.2 Å². The van der Waals surface area contributed by atoms with Crippen LogP contribution in [0.2, 0.25) is 0 Å². The Kier molecular flexibility index (Phi) is 5.78. The van der Waals surface area contributed by atoms with Crippen LogP contribution in [0.4, 0.5) is 0 Å². The molecule has 1 aliphatic carbocycles. The first-order chi connectivity index (χ1) is 13.2. The molecule has 148 valence electrons. The normalized spacial score (nSPS) is 25.0. The van der Waals surface area contributed by atoms with E-state index in [9.17, 15) is 9.59 Å². The molecule has 0 aromatic carbocycles. The minimum absolute atomic E-state index is 0.0716. The minimum Gasteiger partial charge on any atom is -0.365 e. The van der Waals surface area contributed by atoms with Gasteiger partial charge in [-0.3, -0.25) is 9.59 Å². The van der Waals surface area contributed by atoms with Crippen molar-refractivity contribution in [3.05, 3.63) is 24.0 Å². The van der Waals surface area contributed by atoms with Crippen molar-refractivity contribution in [1.82, 2.24) is 20.1 Å². The molecule has 0 radical (unpaired) electrons. The lowest BCUT2D eigenvalue weighted by molar-refractivity contribution is -0.149.